The fourth-order valence-electron chi connectivity index (χ4n) is 1.99. The summed E-state index contributed by atoms with van der Waals surface area (Å²) in [6.45, 7) is 4.84. The Morgan fingerprint density at radius 3 is 2.43 bits per heavy atom. The van der Waals surface area contributed by atoms with Crippen molar-refractivity contribution in [2.24, 2.45) is 0 Å². The lowest BCUT2D eigenvalue weighted by Crippen LogP contribution is -2.23. The lowest BCUT2D eigenvalue weighted by molar-refractivity contribution is 0.0948. The molecular weight excluding hydrogens is 346 g/mol. The molecule has 110 valence electrons. The van der Waals surface area contributed by atoms with Crippen LogP contribution in [0.15, 0.2) is 51.8 Å². The molecule has 0 fully saturated rings. The topological polar surface area (TPSA) is 29.1 Å². The van der Waals surface area contributed by atoms with Crippen LogP contribution in [0.1, 0.15) is 41.3 Å². The third kappa shape index (κ3) is 4.35. The Bertz CT molecular complexity index is 638. The molecule has 21 heavy (non-hydrogen) atoms. The monoisotopic (exact) mass is 363 g/mol. The fourth-order valence-corrected chi connectivity index (χ4v) is 2.85. The van der Waals surface area contributed by atoms with E-state index < -0.39 is 0 Å². The number of carbonyl (C=O) groups excluding carboxylic acids is 1. The van der Waals surface area contributed by atoms with E-state index in [1.165, 1.54) is 5.56 Å². The van der Waals surface area contributed by atoms with Crippen molar-refractivity contribution >= 4 is 34.5 Å². The molecule has 4 heteroatoms. The number of rotatable bonds is 4. The summed E-state index contributed by atoms with van der Waals surface area (Å²) in [5.74, 6) is 0.406. The number of hydrogen-bond donors (Lipinski definition) is 2. The fraction of sp³-hybridized carbons (Fsp3) is 0.235. The average molecular weight is 364 g/mol. The minimum absolute atomic E-state index is 0.111. The van der Waals surface area contributed by atoms with Gasteiger partial charge >= 0.3 is 0 Å². The first-order valence-electron chi connectivity index (χ1n) is 6.83. The zero-order valence-corrected chi connectivity index (χ0v) is 14.5. The highest BCUT2D eigenvalue weighted by Gasteiger charge is 2.09. The van der Waals surface area contributed by atoms with Crippen molar-refractivity contribution in [3.8, 4) is 0 Å². The highest BCUT2D eigenvalue weighted by Crippen LogP contribution is 2.20. The number of halogens is 1. The van der Waals surface area contributed by atoms with Gasteiger partial charge in [-0.2, -0.15) is 0 Å². The van der Waals surface area contributed by atoms with Crippen LogP contribution in [-0.2, 0) is 6.54 Å². The summed E-state index contributed by atoms with van der Waals surface area (Å²) >= 11 is 7.69. The molecule has 1 amide bonds. The van der Waals surface area contributed by atoms with Gasteiger partial charge in [-0.3, -0.25) is 4.79 Å². The Hall–Kier alpha value is -1.26. The van der Waals surface area contributed by atoms with Crippen molar-refractivity contribution in [3.63, 3.8) is 0 Å². The van der Waals surface area contributed by atoms with E-state index in [1.54, 1.807) is 6.07 Å². The van der Waals surface area contributed by atoms with Gasteiger partial charge in [0.05, 0.1) is 5.56 Å². The Labute approximate surface area is 139 Å². The summed E-state index contributed by atoms with van der Waals surface area (Å²) in [4.78, 5) is 12.8. The zero-order chi connectivity index (χ0) is 15.4. The van der Waals surface area contributed by atoms with E-state index in [2.05, 4.69) is 72.0 Å². The molecular formula is C17H18BrNOS. The molecule has 0 heterocycles. The van der Waals surface area contributed by atoms with Crippen molar-refractivity contribution in [1.82, 2.24) is 5.32 Å². The van der Waals surface area contributed by atoms with Crippen molar-refractivity contribution in [1.29, 1.82) is 0 Å². The first-order valence-corrected chi connectivity index (χ1v) is 8.07. The molecule has 0 bridgehead atoms. The number of thiol groups is 1. The molecule has 2 rings (SSSR count). The van der Waals surface area contributed by atoms with E-state index in [-0.39, 0.29) is 5.91 Å². The Morgan fingerprint density at radius 2 is 1.86 bits per heavy atom. The second kappa shape index (κ2) is 7.14. The molecule has 0 saturated carbocycles. The molecule has 0 aliphatic heterocycles. The van der Waals surface area contributed by atoms with Gasteiger partial charge in [0.2, 0.25) is 0 Å². The largest absolute Gasteiger partial charge is 0.348 e. The van der Waals surface area contributed by atoms with Crippen LogP contribution in [0.5, 0.6) is 0 Å². The maximum atomic E-state index is 12.1. The Balaban J connectivity index is 2.00. The summed E-state index contributed by atoms with van der Waals surface area (Å²) in [6.07, 6.45) is 0. The maximum Gasteiger partial charge on any atom is 0.252 e. The summed E-state index contributed by atoms with van der Waals surface area (Å²) in [5.41, 5.74) is 2.97. The van der Waals surface area contributed by atoms with Crippen molar-refractivity contribution in [2.45, 2.75) is 31.2 Å². The summed E-state index contributed by atoms with van der Waals surface area (Å²) in [6, 6.07) is 13.7. The number of amides is 1. The molecule has 0 atom stereocenters. The van der Waals surface area contributed by atoms with Gasteiger partial charge in [0.25, 0.3) is 5.91 Å². The molecule has 0 saturated heterocycles. The van der Waals surface area contributed by atoms with Crippen molar-refractivity contribution in [2.75, 3.05) is 0 Å². The highest BCUT2D eigenvalue weighted by atomic mass is 79.9. The second-order valence-electron chi connectivity index (χ2n) is 5.24. The van der Waals surface area contributed by atoms with Gasteiger partial charge in [-0.25, -0.2) is 0 Å². The van der Waals surface area contributed by atoms with Gasteiger partial charge in [-0.05, 0) is 35.2 Å². The minimum atomic E-state index is -0.111. The molecule has 2 aromatic rings. The van der Waals surface area contributed by atoms with Crippen molar-refractivity contribution in [3.05, 3.63) is 63.6 Å². The van der Waals surface area contributed by atoms with E-state index in [0.29, 0.717) is 22.9 Å². The molecule has 0 aliphatic carbocycles. The van der Waals surface area contributed by atoms with E-state index in [9.17, 15) is 4.79 Å². The lowest BCUT2D eigenvalue weighted by Gasteiger charge is -2.09. The number of nitrogens with one attached hydrogen (secondary N) is 1. The average Bonchev–Trinajstić information content (AvgIpc) is 2.45. The summed E-state index contributed by atoms with van der Waals surface area (Å²) in [5, 5.41) is 2.92. The van der Waals surface area contributed by atoms with Crippen LogP contribution in [0.25, 0.3) is 0 Å². The third-order valence-corrected chi connectivity index (χ3v) is 4.17. The molecule has 0 aromatic heterocycles. The third-order valence-electron chi connectivity index (χ3n) is 3.30. The predicted molar refractivity (Wildman–Crippen MR) is 93.1 cm³/mol. The molecule has 2 aromatic carbocycles. The first kappa shape index (κ1) is 16.1. The second-order valence-corrected chi connectivity index (χ2v) is 6.64. The van der Waals surface area contributed by atoms with E-state index in [0.717, 1.165) is 10.0 Å². The van der Waals surface area contributed by atoms with Crippen LogP contribution in [-0.4, -0.2) is 5.91 Å². The van der Waals surface area contributed by atoms with Crippen LogP contribution in [0.2, 0.25) is 0 Å². The van der Waals surface area contributed by atoms with Crippen molar-refractivity contribution < 1.29 is 4.79 Å². The molecule has 0 spiro atoms. The quantitative estimate of drug-likeness (QED) is 0.751. The Morgan fingerprint density at radius 1 is 1.19 bits per heavy atom. The summed E-state index contributed by atoms with van der Waals surface area (Å²) < 4.78 is 0.910. The molecule has 0 aliphatic rings. The first-order chi connectivity index (χ1) is 9.97. The van der Waals surface area contributed by atoms with E-state index in [4.69, 9.17) is 0 Å². The van der Waals surface area contributed by atoms with Crippen LogP contribution in [0, 0.1) is 0 Å². The van der Waals surface area contributed by atoms with Gasteiger partial charge < -0.3 is 5.32 Å². The molecule has 0 unspecified atom stereocenters. The standard InChI is InChI=1S/C17H18BrNOS/c1-11(2)13-5-3-12(4-6-13)10-19-17(20)15-8-7-14(18)9-16(15)21/h3-9,11,21H,10H2,1-2H3,(H,19,20). The number of carbonyl (C=O) groups is 1. The molecule has 2 nitrogen and oxygen atoms in total. The number of benzene rings is 2. The maximum absolute atomic E-state index is 12.1. The lowest BCUT2D eigenvalue weighted by atomic mass is 10.0. The SMILES string of the molecule is CC(C)c1ccc(CNC(=O)c2ccc(Br)cc2S)cc1. The number of hydrogen-bond acceptors (Lipinski definition) is 2. The molecule has 0 radical (unpaired) electrons. The van der Waals surface area contributed by atoms with Gasteiger partial charge in [0, 0.05) is 15.9 Å². The van der Waals surface area contributed by atoms with Gasteiger partial charge in [-0.1, -0.05) is 54.0 Å². The van der Waals surface area contributed by atoms with Gasteiger partial charge in [-0.15, -0.1) is 12.6 Å². The van der Waals surface area contributed by atoms with Crippen LogP contribution < -0.4 is 5.32 Å². The zero-order valence-electron chi connectivity index (χ0n) is 12.1. The van der Waals surface area contributed by atoms with Crippen LogP contribution >= 0.6 is 28.6 Å². The van der Waals surface area contributed by atoms with Crippen LogP contribution in [0.3, 0.4) is 0 Å². The van der Waals surface area contributed by atoms with Crippen LogP contribution in [0.4, 0.5) is 0 Å². The van der Waals surface area contributed by atoms with Gasteiger partial charge in [0.15, 0.2) is 0 Å². The van der Waals surface area contributed by atoms with Gasteiger partial charge in [0.1, 0.15) is 0 Å². The minimum Gasteiger partial charge on any atom is -0.348 e. The highest BCUT2D eigenvalue weighted by molar-refractivity contribution is 9.10. The summed E-state index contributed by atoms with van der Waals surface area (Å²) in [7, 11) is 0. The Kier molecular flexibility index (Phi) is 5.48. The normalized spacial score (nSPS) is 10.7. The van der Waals surface area contributed by atoms with E-state index in [1.807, 2.05) is 12.1 Å². The smallest absolute Gasteiger partial charge is 0.252 e. The molecule has 1 N–H and O–H groups in total. The van der Waals surface area contributed by atoms with E-state index >= 15 is 0 Å². The predicted octanol–water partition coefficient (Wildman–Crippen LogP) is 4.79.